The Balaban J connectivity index is 1.82. The second kappa shape index (κ2) is 3.47. The minimum absolute atomic E-state index is 0.259. The number of rotatable bonds is 0. The predicted molar refractivity (Wildman–Crippen MR) is 76.0 cm³/mol. The molecule has 0 aromatic heterocycles. The van der Waals surface area contributed by atoms with Crippen LogP contribution < -0.4 is 0 Å². The molecule has 0 saturated carbocycles. The number of fused-ring (bicyclic) bond motifs is 4. The Bertz CT molecular complexity index is 577. The van der Waals surface area contributed by atoms with Crippen molar-refractivity contribution >= 4 is 0 Å². The lowest BCUT2D eigenvalue weighted by molar-refractivity contribution is 0.398. The Labute approximate surface area is 109 Å². The molecule has 0 amide bonds. The third kappa shape index (κ3) is 1.26. The monoisotopic (exact) mass is 234 g/mol. The second-order valence-corrected chi connectivity index (χ2v) is 6.02. The number of hydrogen-bond donors (Lipinski definition) is 0. The van der Waals surface area contributed by atoms with Gasteiger partial charge in [-0.2, -0.15) is 0 Å². The van der Waals surface area contributed by atoms with Gasteiger partial charge in [-0.25, -0.2) is 0 Å². The van der Waals surface area contributed by atoms with Crippen LogP contribution in [0.2, 0.25) is 0 Å². The van der Waals surface area contributed by atoms with E-state index >= 15 is 0 Å². The van der Waals surface area contributed by atoms with Gasteiger partial charge in [0.05, 0.1) is 0 Å². The molecule has 0 fully saturated rings. The van der Waals surface area contributed by atoms with Crippen molar-refractivity contribution in [2.45, 2.75) is 19.8 Å². The lowest BCUT2D eigenvalue weighted by atomic mass is 9.65. The van der Waals surface area contributed by atoms with Gasteiger partial charge in [0.2, 0.25) is 0 Å². The van der Waals surface area contributed by atoms with E-state index in [4.69, 9.17) is 0 Å². The van der Waals surface area contributed by atoms with Crippen LogP contribution in [0.25, 0.3) is 0 Å². The summed E-state index contributed by atoms with van der Waals surface area (Å²) in [4.78, 5) is 0. The highest BCUT2D eigenvalue weighted by Gasteiger charge is 2.40. The molecule has 0 N–H and O–H groups in total. The summed E-state index contributed by atoms with van der Waals surface area (Å²) >= 11 is 0. The molecule has 3 atom stereocenters. The molecule has 0 unspecified atom stereocenters. The average molecular weight is 234 g/mol. The van der Waals surface area contributed by atoms with Gasteiger partial charge in [0.1, 0.15) is 0 Å². The van der Waals surface area contributed by atoms with Crippen LogP contribution >= 0.6 is 0 Å². The van der Waals surface area contributed by atoms with E-state index < -0.39 is 0 Å². The first-order valence-electron chi connectivity index (χ1n) is 6.94. The molecule has 0 heterocycles. The highest BCUT2D eigenvalue weighted by atomic mass is 14.4. The summed E-state index contributed by atoms with van der Waals surface area (Å²) in [5.41, 5.74) is 4.90. The standard InChI is InChI=1S/C18H18/c1-18-11-4-7-17(18)16-9-8-13-5-2-3-6-14(13)15(16)10-12-18/h2-5,8-12,14,17H,6-7H2,1H3/t14-,17-,18-/m0/s1. The maximum atomic E-state index is 2.43. The minimum Gasteiger partial charge on any atom is -0.0870 e. The molecule has 18 heavy (non-hydrogen) atoms. The van der Waals surface area contributed by atoms with Gasteiger partial charge in [-0.05, 0) is 35.5 Å². The van der Waals surface area contributed by atoms with E-state index in [1.54, 1.807) is 11.1 Å². The van der Waals surface area contributed by atoms with Crippen molar-refractivity contribution in [1.82, 2.24) is 0 Å². The molecular weight excluding hydrogens is 216 g/mol. The molecule has 0 aliphatic heterocycles. The molecule has 0 spiro atoms. The van der Waals surface area contributed by atoms with E-state index in [-0.39, 0.29) is 5.41 Å². The van der Waals surface area contributed by atoms with Crippen LogP contribution in [0.15, 0.2) is 71.4 Å². The van der Waals surface area contributed by atoms with Gasteiger partial charge in [-0.15, -0.1) is 0 Å². The van der Waals surface area contributed by atoms with Gasteiger partial charge in [-0.1, -0.05) is 61.6 Å². The molecule has 0 aromatic carbocycles. The first-order chi connectivity index (χ1) is 8.78. The Morgan fingerprint density at radius 1 is 1.00 bits per heavy atom. The van der Waals surface area contributed by atoms with Crippen molar-refractivity contribution in [3.05, 3.63) is 71.4 Å². The van der Waals surface area contributed by atoms with E-state index in [0.29, 0.717) is 11.8 Å². The lowest BCUT2D eigenvalue weighted by Gasteiger charge is -2.38. The van der Waals surface area contributed by atoms with Crippen molar-refractivity contribution in [3.63, 3.8) is 0 Å². The minimum atomic E-state index is 0.259. The van der Waals surface area contributed by atoms with Crippen LogP contribution in [-0.2, 0) is 0 Å². The van der Waals surface area contributed by atoms with Gasteiger partial charge in [0.25, 0.3) is 0 Å². The van der Waals surface area contributed by atoms with Crippen LogP contribution in [0, 0.1) is 17.3 Å². The number of allylic oxidation sites excluding steroid dienone is 12. The third-order valence-corrected chi connectivity index (χ3v) is 4.96. The summed E-state index contributed by atoms with van der Waals surface area (Å²) in [6.45, 7) is 2.36. The molecule has 0 radical (unpaired) electrons. The molecule has 4 rings (SSSR count). The normalized spacial score (nSPS) is 39.5. The first-order valence-corrected chi connectivity index (χ1v) is 6.94. The van der Waals surface area contributed by atoms with Gasteiger partial charge >= 0.3 is 0 Å². The zero-order valence-corrected chi connectivity index (χ0v) is 10.8. The summed E-state index contributed by atoms with van der Waals surface area (Å²) in [5, 5.41) is 0. The zero-order valence-electron chi connectivity index (χ0n) is 10.8. The van der Waals surface area contributed by atoms with Gasteiger partial charge < -0.3 is 0 Å². The van der Waals surface area contributed by atoms with Gasteiger partial charge in [0, 0.05) is 11.3 Å². The highest BCUT2D eigenvalue weighted by Crippen LogP contribution is 2.51. The summed E-state index contributed by atoms with van der Waals surface area (Å²) in [7, 11) is 0. The summed E-state index contributed by atoms with van der Waals surface area (Å²) < 4.78 is 0. The molecular formula is C18H18. The fourth-order valence-electron chi connectivity index (χ4n) is 3.87. The molecule has 4 aliphatic carbocycles. The SMILES string of the molecule is C[C@@]12C=CC[C@H]1C1=C(C=C2)[C@H]2CC=CC=C2C=C1. The molecule has 0 aromatic rings. The summed E-state index contributed by atoms with van der Waals surface area (Å²) in [5.74, 6) is 1.28. The maximum absolute atomic E-state index is 2.43. The Kier molecular flexibility index (Phi) is 2.00. The Hall–Kier alpha value is -1.56. The fourth-order valence-corrected chi connectivity index (χ4v) is 3.87. The van der Waals surface area contributed by atoms with E-state index in [9.17, 15) is 0 Å². The maximum Gasteiger partial charge on any atom is 0.0127 e. The molecule has 4 aliphatic rings. The van der Waals surface area contributed by atoms with Gasteiger partial charge in [-0.3, -0.25) is 0 Å². The van der Waals surface area contributed by atoms with E-state index in [0.717, 1.165) is 6.42 Å². The van der Waals surface area contributed by atoms with E-state index in [2.05, 4.69) is 61.6 Å². The highest BCUT2D eigenvalue weighted by molar-refractivity contribution is 5.55. The summed E-state index contributed by atoms with van der Waals surface area (Å²) in [6.07, 6.45) is 23.4. The van der Waals surface area contributed by atoms with E-state index in [1.165, 1.54) is 12.0 Å². The van der Waals surface area contributed by atoms with Crippen LogP contribution in [0.5, 0.6) is 0 Å². The number of hydrogen-bond acceptors (Lipinski definition) is 0. The molecule has 90 valence electrons. The Morgan fingerprint density at radius 3 is 2.89 bits per heavy atom. The summed E-state index contributed by atoms with van der Waals surface area (Å²) in [6, 6.07) is 0. The predicted octanol–water partition coefficient (Wildman–Crippen LogP) is 4.51. The first kappa shape index (κ1) is 10.4. The van der Waals surface area contributed by atoms with Crippen LogP contribution in [0.3, 0.4) is 0 Å². The molecule has 0 bridgehead atoms. The smallest absolute Gasteiger partial charge is 0.0127 e. The second-order valence-electron chi connectivity index (χ2n) is 6.02. The molecule has 0 heteroatoms. The van der Waals surface area contributed by atoms with Crippen molar-refractivity contribution in [3.8, 4) is 0 Å². The van der Waals surface area contributed by atoms with E-state index in [1.807, 2.05) is 0 Å². The van der Waals surface area contributed by atoms with Crippen LogP contribution in [-0.4, -0.2) is 0 Å². The topological polar surface area (TPSA) is 0 Å². The van der Waals surface area contributed by atoms with Gasteiger partial charge in [0.15, 0.2) is 0 Å². The van der Waals surface area contributed by atoms with Crippen molar-refractivity contribution < 1.29 is 0 Å². The largest absolute Gasteiger partial charge is 0.0870 e. The molecule has 0 nitrogen and oxygen atoms in total. The zero-order chi connectivity index (χ0) is 12.2. The lowest BCUT2D eigenvalue weighted by Crippen LogP contribution is -2.27. The molecule has 0 saturated heterocycles. The fraction of sp³-hybridized carbons (Fsp3) is 0.333. The van der Waals surface area contributed by atoms with Crippen molar-refractivity contribution in [1.29, 1.82) is 0 Å². The van der Waals surface area contributed by atoms with Crippen molar-refractivity contribution in [2.24, 2.45) is 17.3 Å². The quantitative estimate of drug-likeness (QED) is 0.541. The van der Waals surface area contributed by atoms with Crippen LogP contribution in [0.4, 0.5) is 0 Å². The Morgan fingerprint density at radius 2 is 1.94 bits per heavy atom. The third-order valence-electron chi connectivity index (χ3n) is 4.96. The van der Waals surface area contributed by atoms with Crippen molar-refractivity contribution in [2.75, 3.05) is 0 Å². The van der Waals surface area contributed by atoms with Crippen LogP contribution in [0.1, 0.15) is 19.8 Å². The average Bonchev–Trinajstić information content (AvgIpc) is 2.80.